The minimum atomic E-state index is -0.521. The van der Waals surface area contributed by atoms with Gasteiger partial charge in [-0.1, -0.05) is 11.2 Å². The first kappa shape index (κ1) is 23.1. The highest BCUT2D eigenvalue weighted by Gasteiger charge is 2.21. The Balaban J connectivity index is 1.51. The standard InChI is InChI=1S/C23H20FN5O4S/c1-13-9-16(20-18(24)5-4-6-19(20)32-3)17(11-25-13)21(30)27-22-28-29-23(34-22)33-12-14-7-8-15(31-2)10-26-14/h4-11H,12H2,1-3H3,(H,27,28,30). The van der Waals surface area contributed by atoms with Crippen LogP contribution in [0.5, 0.6) is 16.7 Å². The number of rotatable bonds is 8. The summed E-state index contributed by atoms with van der Waals surface area (Å²) in [6.45, 7) is 1.93. The molecule has 0 aliphatic heterocycles. The van der Waals surface area contributed by atoms with E-state index in [0.717, 1.165) is 11.3 Å². The lowest BCUT2D eigenvalue weighted by atomic mass is 9.98. The summed E-state index contributed by atoms with van der Waals surface area (Å²) >= 11 is 1.05. The average Bonchev–Trinajstić information content (AvgIpc) is 3.29. The summed E-state index contributed by atoms with van der Waals surface area (Å²) in [6, 6.07) is 9.64. The van der Waals surface area contributed by atoms with E-state index >= 15 is 0 Å². The molecule has 0 spiro atoms. The predicted molar refractivity (Wildman–Crippen MR) is 124 cm³/mol. The van der Waals surface area contributed by atoms with E-state index in [9.17, 15) is 9.18 Å². The largest absolute Gasteiger partial charge is 0.496 e. The van der Waals surface area contributed by atoms with E-state index in [-0.39, 0.29) is 28.1 Å². The molecule has 1 aromatic carbocycles. The second kappa shape index (κ2) is 10.2. The van der Waals surface area contributed by atoms with E-state index in [1.807, 2.05) is 0 Å². The highest BCUT2D eigenvalue weighted by atomic mass is 32.1. The van der Waals surface area contributed by atoms with Crippen molar-refractivity contribution in [3.63, 3.8) is 0 Å². The van der Waals surface area contributed by atoms with E-state index in [4.69, 9.17) is 14.2 Å². The van der Waals surface area contributed by atoms with Crippen LogP contribution < -0.4 is 19.5 Å². The molecule has 3 heterocycles. The summed E-state index contributed by atoms with van der Waals surface area (Å²) in [6.07, 6.45) is 2.97. The molecule has 4 aromatic rings. The number of pyridine rings is 2. The van der Waals surface area contributed by atoms with Gasteiger partial charge in [0.05, 0.1) is 37.2 Å². The summed E-state index contributed by atoms with van der Waals surface area (Å²) in [5.41, 5.74) is 1.99. The first-order valence-electron chi connectivity index (χ1n) is 10.0. The molecular formula is C23H20FN5O4S. The number of nitrogens with one attached hydrogen (secondary N) is 1. The third kappa shape index (κ3) is 5.09. The molecule has 0 atom stereocenters. The number of halogens is 1. The van der Waals surface area contributed by atoms with Crippen molar-refractivity contribution >= 4 is 22.4 Å². The monoisotopic (exact) mass is 481 g/mol. The second-order valence-electron chi connectivity index (χ2n) is 6.99. The number of aryl methyl sites for hydroxylation is 1. The predicted octanol–water partition coefficient (Wildman–Crippen LogP) is 4.29. The van der Waals surface area contributed by atoms with Gasteiger partial charge in [-0.2, -0.15) is 0 Å². The number of nitrogens with zero attached hydrogens (tertiary/aromatic N) is 4. The third-order valence-corrected chi connectivity index (χ3v) is 5.50. The Bertz CT molecular complexity index is 1310. The van der Waals surface area contributed by atoms with Crippen molar-refractivity contribution in [2.24, 2.45) is 0 Å². The summed E-state index contributed by atoms with van der Waals surface area (Å²) in [4.78, 5) is 21.5. The number of carbonyl (C=O) groups excluding carboxylic acids is 1. The van der Waals surface area contributed by atoms with Gasteiger partial charge in [0.2, 0.25) is 5.13 Å². The van der Waals surface area contributed by atoms with Crippen LogP contribution in [0.1, 0.15) is 21.7 Å². The van der Waals surface area contributed by atoms with Crippen LogP contribution in [0.25, 0.3) is 11.1 Å². The Morgan fingerprint density at radius 3 is 2.68 bits per heavy atom. The quantitative estimate of drug-likeness (QED) is 0.397. The van der Waals surface area contributed by atoms with Crippen molar-refractivity contribution in [2.45, 2.75) is 13.5 Å². The highest BCUT2D eigenvalue weighted by molar-refractivity contribution is 7.17. The van der Waals surface area contributed by atoms with Crippen molar-refractivity contribution in [3.05, 3.63) is 71.6 Å². The summed E-state index contributed by atoms with van der Waals surface area (Å²) < 4.78 is 30.7. The Kier molecular flexibility index (Phi) is 6.93. The van der Waals surface area contributed by atoms with Gasteiger partial charge in [0.15, 0.2) is 0 Å². The van der Waals surface area contributed by atoms with E-state index in [1.54, 1.807) is 44.5 Å². The molecule has 0 fully saturated rings. The Labute approximate surface area is 198 Å². The molecule has 4 rings (SSSR count). The molecule has 0 aliphatic carbocycles. The van der Waals surface area contributed by atoms with Gasteiger partial charge in [-0.15, -0.1) is 5.10 Å². The van der Waals surface area contributed by atoms with E-state index in [1.165, 1.54) is 25.4 Å². The fourth-order valence-corrected chi connectivity index (χ4v) is 3.71. The number of amides is 1. The molecule has 0 bridgehead atoms. The van der Waals surface area contributed by atoms with Crippen LogP contribution >= 0.6 is 11.3 Å². The SMILES string of the molecule is COc1ccc(COc2nnc(NC(=O)c3cnc(C)cc3-c3c(F)cccc3OC)s2)nc1. The van der Waals surface area contributed by atoms with Gasteiger partial charge in [0, 0.05) is 17.5 Å². The molecule has 11 heteroatoms. The first-order valence-corrected chi connectivity index (χ1v) is 10.9. The lowest BCUT2D eigenvalue weighted by Crippen LogP contribution is -2.14. The summed E-state index contributed by atoms with van der Waals surface area (Å²) in [5, 5.41) is 11.0. The first-order chi connectivity index (χ1) is 16.5. The number of anilines is 1. The van der Waals surface area contributed by atoms with Crippen molar-refractivity contribution in [2.75, 3.05) is 19.5 Å². The zero-order valence-electron chi connectivity index (χ0n) is 18.5. The van der Waals surface area contributed by atoms with Crippen LogP contribution in [0.15, 0.2) is 48.8 Å². The zero-order chi connectivity index (χ0) is 24.1. The number of carbonyl (C=O) groups is 1. The van der Waals surface area contributed by atoms with Gasteiger partial charge in [-0.3, -0.25) is 20.1 Å². The minimum Gasteiger partial charge on any atom is -0.496 e. The van der Waals surface area contributed by atoms with Gasteiger partial charge in [0.1, 0.15) is 23.9 Å². The summed E-state index contributed by atoms with van der Waals surface area (Å²) in [5.74, 6) is -0.0916. The van der Waals surface area contributed by atoms with Crippen molar-refractivity contribution < 1.29 is 23.4 Å². The molecule has 0 aliphatic rings. The number of hydrogen-bond acceptors (Lipinski definition) is 9. The molecule has 0 saturated carbocycles. The maximum Gasteiger partial charge on any atom is 0.296 e. The number of methoxy groups -OCH3 is 2. The Morgan fingerprint density at radius 2 is 1.94 bits per heavy atom. The highest BCUT2D eigenvalue weighted by Crippen LogP contribution is 2.35. The van der Waals surface area contributed by atoms with Crippen LogP contribution in [0.3, 0.4) is 0 Å². The van der Waals surface area contributed by atoms with E-state index < -0.39 is 11.7 Å². The van der Waals surface area contributed by atoms with Crippen LogP contribution in [-0.2, 0) is 6.61 Å². The maximum absolute atomic E-state index is 14.7. The van der Waals surface area contributed by atoms with Crippen molar-refractivity contribution in [1.82, 2.24) is 20.2 Å². The zero-order valence-corrected chi connectivity index (χ0v) is 19.4. The fraction of sp³-hybridized carbons (Fsp3) is 0.174. The van der Waals surface area contributed by atoms with Crippen LogP contribution in [0.2, 0.25) is 0 Å². The topological polar surface area (TPSA) is 108 Å². The van der Waals surface area contributed by atoms with Crippen molar-refractivity contribution in [3.8, 4) is 27.8 Å². The van der Waals surface area contributed by atoms with Gasteiger partial charge in [-0.25, -0.2) is 4.39 Å². The molecule has 0 unspecified atom stereocenters. The fourth-order valence-electron chi connectivity index (χ4n) is 3.12. The molecule has 3 aromatic heterocycles. The minimum absolute atomic E-state index is 0.161. The van der Waals surface area contributed by atoms with Gasteiger partial charge in [-0.05, 0) is 48.6 Å². The van der Waals surface area contributed by atoms with Gasteiger partial charge in [0.25, 0.3) is 11.1 Å². The van der Waals surface area contributed by atoms with Gasteiger partial charge >= 0.3 is 0 Å². The lowest BCUT2D eigenvalue weighted by molar-refractivity contribution is 0.102. The lowest BCUT2D eigenvalue weighted by Gasteiger charge is -2.14. The molecule has 34 heavy (non-hydrogen) atoms. The molecule has 1 N–H and O–H groups in total. The smallest absolute Gasteiger partial charge is 0.296 e. The Hall–Kier alpha value is -4.12. The third-order valence-electron chi connectivity index (χ3n) is 4.75. The molecular weight excluding hydrogens is 461 g/mol. The molecule has 9 nitrogen and oxygen atoms in total. The van der Waals surface area contributed by atoms with Gasteiger partial charge < -0.3 is 14.2 Å². The van der Waals surface area contributed by atoms with Crippen LogP contribution in [0.4, 0.5) is 9.52 Å². The average molecular weight is 482 g/mol. The molecule has 174 valence electrons. The number of ether oxygens (including phenoxy) is 3. The van der Waals surface area contributed by atoms with E-state index in [0.29, 0.717) is 28.5 Å². The maximum atomic E-state index is 14.7. The second-order valence-corrected chi connectivity index (χ2v) is 7.93. The Morgan fingerprint density at radius 1 is 1.09 bits per heavy atom. The number of hydrogen-bond donors (Lipinski definition) is 1. The molecule has 0 saturated heterocycles. The van der Waals surface area contributed by atoms with Crippen LogP contribution in [0, 0.1) is 12.7 Å². The molecule has 1 amide bonds. The summed E-state index contributed by atoms with van der Waals surface area (Å²) in [7, 11) is 3.00. The van der Waals surface area contributed by atoms with E-state index in [2.05, 4.69) is 25.5 Å². The number of benzene rings is 1. The van der Waals surface area contributed by atoms with Crippen molar-refractivity contribution in [1.29, 1.82) is 0 Å². The number of aromatic nitrogens is 4. The van der Waals surface area contributed by atoms with Crippen LogP contribution in [-0.4, -0.2) is 40.3 Å². The molecule has 0 radical (unpaired) electrons. The normalized spacial score (nSPS) is 10.6.